The molecule has 0 N–H and O–H groups in total. The van der Waals surface area contributed by atoms with Crippen LogP contribution in [0.4, 0.5) is 0 Å². The maximum absolute atomic E-state index is 5.29. The van der Waals surface area contributed by atoms with Crippen molar-refractivity contribution in [2.75, 3.05) is 0 Å². The number of allylic oxidation sites excluding steroid dienone is 5. The third-order valence-electron chi connectivity index (χ3n) is 10.6. The van der Waals surface area contributed by atoms with E-state index in [1.807, 2.05) is 18.2 Å². The van der Waals surface area contributed by atoms with E-state index in [0.717, 1.165) is 44.4 Å². The summed E-state index contributed by atoms with van der Waals surface area (Å²) in [5.74, 6) is 1.82. The van der Waals surface area contributed by atoms with E-state index in [1.165, 1.54) is 33.0 Å². The van der Waals surface area contributed by atoms with Crippen molar-refractivity contribution in [3.8, 4) is 51.0 Å². The third-order valence-corrected chi connectivity index (χ3v) is 10.6. The second-order valence-corrected chi connectivity index (χ2v) is 14.2. The lowest BCUT2D eigenvalue weighted by molar-refractivity contribution is 0.661. The van der Waals surface area contributed by atoms with E-state index < -0.39 is 0 Å². The molecule has 0 spiro atoms. The van der Waals surface area contributed by atoms with Crippen molar-refractivity contribution in [2.24, 2.45) is 0 Å². The molecule has 1 aliphatic rings. The van der Waals surface area contributed by atoms with E-state index in [0.29, 0.717) is 17.6 Å². The van der Waals surface area contributed by atoms with Gasteiger partial charge in [-0.25, -0.2) is 4.98 Å². The fourth-order valence-corrected chi connectivity index (χ4v) is 7.85. The minimum absolute atomic E-state index is 0.111. The standard InChI is InChI=1S/C49H38N4/c1-5-6-8-17-32(2)34-20-15-22-36(28-34)46-50-47(37-23-16-21-35(29-37)33-18-9-7-10-19-33)52-48(51-46)53-44-27-14-12-25-39(44)41-30-43-40(31-45(41)53)38-24-11-13-26-42(38)49(43,3)4/h5-31H,1H2,2-4H3/b8-6-,32-17+. The highest BCUT2D eigenvalue weighted by Gasteiger charge is 2.36. The molecule has 0 bridgehead atoms. The minimum Gasteiger partial charge on any atom is -0.278 e. The molecule has 0 saturated heterocycles. The van der Waals surface area contributed by atoms with Crippen LogP contribution in [0.3, 0.4) is 0 Å². The Morgan fingerprint density at radius 3 is 2.06 bits per heavy atom. The molecule has 4 heteroatoms. The lowest BCUT2D eigenvalue weighted by Gasteiger charge is -2.21. The number of fused-ring (bicyclic) bond motifs is 6. The Hall–Kier alpha value is -6.65. The van der Waals surface area contributed by atoms with Crippen LogP contribution in [0.1, 0.15) is 37.5 Å². The van der Waals surface area contributed by atoms with Gasteiger partial charge in [0.2, 0.25) is 5.95 Å². The van der Waals surface area contributed by atoms with Gasteiger partial charge < -0.3 is 0 Å². The Labute approximate surface area is 310 Å². The summed E-state index contributed by atoms with van der Waals surface area (Å²) in [4.78, 5) is 15.8. The molecule has 4 nitrogen and oxygen atoms in total. The number of nitrogens with zero attached hydrogens (tertiary/aromatic N) is 4. The smallest absolute Gasteiger partial charge is 0.238 e. The first-order chi connectivity index (χ1) is 25.9. The predicted octanol–water partition coefficient (Wildman–Crippen LogP) is 12.4. The molecule has 0 unspecified atom stereocenters. The van der Waals surface area contributed by atoms with Crippen LogP contribution in [0.2, 0.25) is 0 Å². The molecule has 0 radical (unpaired) electrons. The van der Waals surface area contributed by atoms with Gasteiger partial charge in [0, 0.05) is 27.3 Å². The van der Waals surface area contributed by atoms with Crippen LogP contribution in [-0.2, 0) is 5.41 Å². The molecule has 1 aliphatic carbocycles. The average Bonchev–Trinajstić information content (AvgIpc) is 3.65. The Morgan fingerprint density at radius 2 is 1.25 bits per heavy atom. The van der Waals surface area contributed by atoms with E-state index >= 15 is 0 Å². The fraction of sp³-hybridized carbons (Fsp3) is 0.0816. The van der Waals surface area contributed by atoms with Crippen molar-refractivity contribution in [2.45, 2.75) is 26.2 Å². The van der Waals surface area contributed by atoms with Gasteiger partial charge in [-0.3, -0.25) is 4.57 Å². The zero-order chi connectivity index (χ0) is 36.1. The van der Waals surface area contributed by atoms with Crippen molar-refractivity contribution in [3.63, 3.8) is 0 Å². The number of benzene rings is 6. The third kappa shape index (κ3) is 5.51. The quantitative estimate of drug-likeness (QED) is 0.157. The summed E-state index contributed by atoms with van der Waals surface area (Å²) in [6, 6.07) is 49.5. The van der Waals surface area contributed by atoms with Gasteiger partial charge in [-0.15, -0.1) is 0 Å². The predicted molar refractivity (Wildman–Crippen MR) is 221 cm³/mol. The summed E-state index contributed by atoms with van der Waals surface area (Å²) >= 11 is 0. The summed E-state index contributed by atoms with van der Waals surface area (Å²) in [6.07, 6.45) is 7.81. The fourth-order valence-electron chi connectivity index (χ4n) is 7.85. The molecule has 9 rings (SSSR count). The molecule has 0 amide bonds. The molecule has 254 valence electrons. The number of para-hydroxylation sites is 1. The molecule has 0 atom stereocenters. The van der Waals surface area contributed by atoms with E-state index in [1.54, 1.807) is 6.08 Å². The molecule has 0 aliphatic heterocycles. The van der Waals surface area contributed by atoms with E-state index in [9.17, 15) is 0 Å². The highest BCUT2D eigenvalue weighted by molar-refractivity contribution is 6.11. The van der Waals surface area contributed by atoms with Gasteiger partial charge in [0.15, 0.2) is 11.6 Å². The summed E-state index contributed by atoms with van der Waals surface area (Å²) in [5, 5.41) is 2.35. The van der Waals surface area contributed by atoms with E-state index in [4.69, 9.17) is 15.0 Å². The molecular weight excluding hydrogens is 645 g/mol. The first-order valence-electron chi connectivity index (χ1n) is 18.1. The van der Waals surface area contributed by atoms with Gasteiger partial charge in [0.25, 0.3) is 0 Å². The maximum atomic E-state index is 5.29. The summed E-state index contributed by atoms with van der Waals surface area (Å²) in [6.45, 7) is 10.6. The zero-order valence-corrected chi connectivity index (χ0v) is 30.1. The molecule has 6 aromatic carbocycles. The molecule has 8 aromatic rings. The highest BCUT2D eigenvalue weighted by Crippen LogP contribution is 2.51. The molecule has 2 heterocycles. The lowest BCUT2D eigenvalue weighted by atomic mass is 9.82. The second kappa shape index (κ2) is 12.8. The van der Waals surface area contributed by atoms with Gasteiger partial charge in [0.05, 0.1) is 11.0 Å². The monoisotopic (exact) mass is 682 g/mol. The molecule has 53 heavy (non-hydrogen) atoms. The average molecular weight is 683 g/mol. The van der Waals surface area contributed by atoms with Crippen molar-refractivity contribution >= 4 is 27.4 Å². The number of rotatable bonds is 7. The van der Waals surface area contributed by atoms with Crippen LogP contribution in [0.25, 0.3) is 78.4 Å². The first-order valence-corrected chi connectivity index (χ1v) is 18.1. The normalized spacial score (nSPS) is 13.5. The van der Waals surface area contributed by atoms with Crippen molar-refractivity contribution in [1.29, 1.82) is 0 Å². The summed E-state index contributed by atoms with van der Waals surface area (Å²) < 4.78 is 2.23. The van der Waals surface area contributed by atoms with Gasteiger partial charge >= 0.3 is 0 Å². The van der Waals surface area contributed by atoms with Crippen LogP contribution >= 0.6 is 0 Å². The van der Waals surface area contributed by atoms with Gasteiger partial charge in [-0.1, -0.05) is 154 Å². The van der Waals surface area contributed by atoms with Crippen molar-refractivity contribution in [1.82, 2.24) is 19.5 Å². The van der Waals surface area contributed by atoms with Crippen molar-refractivity contribution < 1.29 is 0 Å². The van der Waals surface area contributed by atoms with Crippen LogP contribution in [0.5, 0.6) is 0 Å². The lowest BCUT2D eigenvalue weighted by Crippen LogP contribution is -2.14. The minimum atomic E-state index is -0.111. The number of hydrogen-bond donors (Lipinski definition) is 0. The van der Waals surface area contributed by atoms with Gasteiger partial charge in [0.1, 0.15) is 0 Å². The number of hydrogen-bond acceptors (Lipinski definition) is 3. The summed E-state index contributed by atoms with van der Waals surface area (Å²) in [7, 11) is 0. The molecule has 0 fully saturated rings. The Kier molecular flexibility index (Phi) is 7.82. The van der Waals surface area contributed by atoms with Crippen molar-refractivity contribution in [3.05, 3.63) is 187 Å². The molecule has 0 saturated carbocycles. The van der Waals surface area contributed by atoms with Crippen LogP contribution in [0.15, 0.2) is 170 Å². The maximum Gasteiger partial charge on any atom is 0.238 e. The Bertz CT molecular complexity index is 2780. The second-order valence-electron chi connectivity index (χ2n) is 14.2. The SMILES string of the molecule is C=C/C=C\C=C(/C)c1cccc(-c2nc(-c3cccc(-c4ccccc4)c3)nc(-n3c4ccccc4c4cc5c(cc43)-c3ccccc3C5(C)C)n2)c1. The van der Waals surface area contributed by atoms with Gasteiger partial charge in [-0.2, -0.15) is 9.97 Å². The largest absolute Gasteiger partial charge is 0.278 e. The highest BCUT2D eigenvalue weighted by atomic mass is 15.2. The van der Waals surface area contributed by atoms with Crippen LogP contribution in [0, 0.1) is 0 Å². The Morgan fingerprint density at radius 1 is 0.566 bits per heavy atom. The van der Waals surface area contributed by atoms with Gasteiger partial charge in [-0.05, 0) is 81.8 Å². The topological polar surface area (TPSA) is 43.6 Å². The Balaban J connectivity index is 1.30. The van der Waals surface area contributed by atoms with E-state index in [-0.39, 0.29) is 5.41 Å². The number of aromatic nitrogens is 4. The molecular formula is C49H38N4. The molecule has 2 aromatic heterocycles. The van der Waals surface area contributed by atoms with E-state index in [2.05, 4.69) is 171 Å². The van der Waals surface area contributed by atoms with Crippen LogP contribution in [-0.4, -0.2) is 19.5 Å². The first kappa shape index (κ1) is 32.3. The summed E-state index contributed by atoms with van der Waals surface area (Å²) in [5.41, 5.74) is 13.6. The van der Waals surface area contributed by atoms with Crippen LogP contribution < -0.4 is 0 Å². The zero-order valence-electron chi connectivity index (χ0n) is 30.1.